The minimum atomic E-state index is 0.536. The zero-order valence-corrected chi connectivity index (χ0v) is 11.2. The van der Waals surface area contributed by atoms with Crippen molar-refractivity contribution in [1.29, 1.82) is 0 Å². The molecule has 0 saturated carbocycles. The normalized spacial score (nSPS) is 10.7. The molecular formula is C15H11ClN2O2. The summed E-state index contributed by atoms with van der Waals surface area (Å²) in [6, 6.07) is 9.33. The fourth-order valence-electron chi connectivity index (χ4n) is 2.05. The number of rotatable bonds is 4. The third-order valence-electron chi connectivity index (χ3n) is 2.95. The maximum Gasteiger partial charge on any atom is 0.153 e. The lowest BCUT2D eigenvalue weighted by Crippen LogP contribution is -2.00. The largest absolute Gasteiger partial charge is 0.472 e. The van der Waals surface area contributed by atoms with Crippen LogP contribution in [0.4, 0.5) is 0 Å². The summed E-state index contributed by atoms with van der Waals surface area (Å²) in [7, 11) is 0. The van der Waals surface area contributed by atoms with Crippen molar-refractivity contribution in [1.82, 2.24) is 9.78 Å². The minimum Gasteiger partial charge on any atom is -0.472 e. The molecule has 0 aliphatic rings. The quantitative estimate of drug-likeness (QED) is 0.688. The maximum atomic E-state index is 11.1. The molecule has 0 saturated heterocycles. The molecular weight excluding hydrogens is 276 g/mol. The molecule has 5 heteroatoms. The zero-order chi connectivity index (χ0) is 13.9. The fraction of sp³-hybridized carbons (Fsp3) is 0.0667. The Labute approximate surface area is 120 Å². The summed E-state index contributed by atoms with van der Waals surface area (Å²) in [6.45, 7) is 0.555. The van der Waals surface area contributed by atoms with E-state index >= 15 is 0 Å². The smallest absolute Gasteiger partial charge is 0.153 e. The third-order valence-corrected chi connectivity index (χ3v) is 3.18. The van der Waals surface area contributed by atoms with Crippen LogP contribution in [0.2, 0.25) is 5.02 Å². The number of benzene rings is 1. The van der Waals surface area contributed by atoms with Crippen molar-refractivity contribution < 1.29 is 9.21 Å². The van der Waals surface area contributed by atoms with E-state index in [4.69, 9.17) is 16.0 Å². The van der Waals surface area contributed by atoms with E-state index in [9.17, 15) is 4.79 Å². The van der Waals surface area contributed by atoms with Crippen LogP contribution in [0, 0.1) is 0 Å². The molecule has 0 N–H and O–H groups in total. The molecule has 0 spiro atoms. The van der Waals surface area contributed by atoms with Crippen molar-refractivity contribution in [3.63, 3.8) is 0 Å². The first-order valence-electron chi connectivity index (χ1n) is 6.06. The van der Waals surface area contributed by atoms with Crippen molar-refractivity contribution in [2.24, 2.45) is 0 Å². The van der Waals surface area contributed by atoms with Crippen LogP contribution in [0.1, 0.15) is 15.9 Å². The van der Waals surface area contributed by atoms with Gasteiger partial charge in [0, 0.05) is 16.8 Å². The van der Waals surface area contributed by atoms with Crippen LogP contribution < -0.4 is 0 Å². The molecule has 20 heavy (non-hydrogen) atoms. The van der Waals surface area contributed by atoms with Gasteiger partial charge in [0.05, 0.1) is 24.6 Å². The predicted octanol–water partition coefficient (Wildman–Crippen LogP) is 3.66. The van der Waals surface area contributed by atoms with Crippen molar-refractivity contribution in [2.75, 3.05) is 0 Å². The van der Waals surface area contributed by atoms with Gasteiger partial charge in [-0.15, -0.1) is 0 Å². The highest BCUT2D eigenvalue weighted by Gasteiger charge is 2.11. The van der Waals surface area contributed by atoms with Crippen molar-refractivity contribution in [3.05, 3.63) is 65.2 Å². The first kappa shape index (κ1) is 12.7. The van der Waals surface area contributed by atoms with Gasteiger partial charge in [-0.3, -0.25) is 9.48 Å². The lowest BCUT2D eigenvalue weighted by Gasteiger charge is -2.02. The topological polar surface area (TPSA) is 48.0 Å². The van der Waals surface area contributed by atoms with Crippen LogP contribution in [-0.4, -0.2) is 16.1 Å². The second-order valence-electron chi connectivity index (χ2n) is 4.39. The molecule has 0 unspecified atom stereocenters. The van der Waals surface area contributed by atoms with E-state index in [0.29, 0.717) is 22.8 Å². The molecule has 0 fully saturated rings. The van der Waals surface area contributed by atoms with Gasteiger partial charge in [-0.2, -0.15) is 5.10 Å². The Morgan fingerprint density at radius 1 is 1.35 bits per heavy atom. The minimum absolute atomic E-state index is 0.536. The van der Waals surface area contributed by atoms with E-state index in [1.807, 2.05) is 24.3 Å². The van der Waals surface area contributed by atoms with E-state index in [-0.39, 0.29) is 0 Å². The molecule has 4 nitrogen and oxygen atoms in total. The Morgan fingerprint density at radius 3 is 2.95 bits per heavy atom. The molecule has 0 aliphatic heterocycles. The average molecular weight is 287 g/mol. The number of furan rings is 1. The van der Waals surface area contributed by atoms with Gasteiger partial charge in [0.2, 0.25) is 0 Å². The van der Waals surface area contributed by atoms with Gasteiger partial charge >= 0.3 is 0 Å². The van der Waals surface area contributed by atoms with Gasteiger partial charge in [0.15, 0.2) is 6.29 Å². The second-order valence-corrected chi connectivity index (χ2v) is 4.83. The molecule has 0 bridgehead atoms. The molecule has 2 aromatic heterocycles. The number of carbonyl (C=O) groups is 1. The Bertz CT molecular complexity index is 732. The Hall–Kier alpha value is -2.33. The molecule has 0 aliphatic carbocycles. The Kier molecular flexibility index (Phi) is 3.39. The molecule has 3 rings (SSSR count). The van der Waals surface area contributed by atoms with Gasteiger partial charge < -0.3 is 4.42 Å². The molecule has 0 amide bonds. The van der Waals surface area contributed by atoms with Gasteiger partial charge in [0.1, 0.15) is 5.69 Å². The van der Waals surface area contributed by atoms with Crippen LogP contribution in [0.3, 0.4) is 0 Å². The van der Waals surface area contributed by atoms with Gasteiger partial charge in [-0.1, -0.05) is 23.7 Å². The lowest BCUT2D eigenvalue weighted by atomic mass is 10.2. The van der Waals surface area contributed by atoms with Crippen LogP contribution >= 0.6 is 11.6 Å². The number of nitrogens with zero attached hydrogens (tertiary/aromatic N) is 2. The zero-order valence-electron chi connectivity index (χ0n) is 10.5. The summed E-state index contributed by atoms with van der Waals surface area (Å²) < 4.78 is 6.75. The number of aldehydes is 1. The first-order chi connectivity index (χ1) is 9.76. The molecule has 2 heterocycles. The molecule has 0 radical (unpaired) electrons. The summed E-state index contributed by atoms with van der Waals surface area (Å²) in [6.07, 6.45) is 5.64. The van der Waals surface area contributed by atoms with E-state index in [1.165, 1.54) is 0 Å². The second kappa shape index (κ2) is 5.35. The molecule has 3 aromatic rings. The van der Waals surface area contributed by atoms with E-state index in [2.05, 4.69) is 5.10 Å². The third kappa shape index (κ3) is 2.51. The first-order valence-corrected chi connectivity index (χ1v) is 6.44. The van der Waals surface area contributed by atoms with E-state index < -0.39 is 0 Å². The lowest BCUT2D eigenvalue weighted by molar-refractivity contribution is 0.112. The summed E-state index contributed by atoms with van der Waals surface area (Å²) in [5.74, 6) is 0. The number of aromatic nitrogens is 2. The van der Waals surface area contributed by atoms with Gasteiger partial charge in [-0.05, 0) is 23.8 Å². The molecule has 1 aromatic carbocycles. The van der Waals surface area contributed by atoms with E-state index in [1.54, 1.807) is 29.5 Å². The number of halogens is 1. The molecule has 100 valence electrons. The van der Waals surface area contributed by atoms with Crippen LogP contribution in [-0.2, 0) is 6.54 Å². The highest BCUT2D eigenvalue weighted by atomic mass is 35.5. The van der Waals surface area contributed by atoms with Crippen molar-refractivity contribution >= 4 is 17.9 Å². The predicted molar refractivity (Wildman–Crippen MR) is 75.9 cm³/mol. The van der Waals surface area contributed by atoms with Gasteiger partial charge in [-0.25, -0.2) is 0 Å². The fourth-order valence-corrected chi connectivity index (χ4v) is 2.26. The number of hydrogen-bond donors (Lipinski definition) is 0. The van der Waals surface area contributed by atoms with E-state index in [0.717, 1.165) is 17.4 Å². The SMILES string of the molecule is O=Cc1cn(Cc2cccc(Cl)c2)nc1-c1ccoc1. The maximum absolute atomic E-state index is 11.1. The summed E-state index contributed by atoms with van der Waals surface area (Å²) in [4.78, 5) is 11.1. The Morgan fingerprint density at radius 2 is 2.25 bits per heavy atom. The molecule has 0 atom stereocenters. The highest BCUT2D eigenvalue weighted by Crippen LogP contribution is 2.22. The summed E-state index contributed by atoms with van der Waals surface area (Å²) in [5, 5.41) is 5.11. The van der Waals surface area contributed by atoms with Gasteiger partial charge in [0.25, 0.3) is 0 Å². The summed E-state index contributed by atoms with van der Waals surface area (Å²) >= 11 is 5.96. The van der Waals surface area contributed by atoms with Crippen LogP contribution in [0.25, 0.3) is 11.3 Å². The summed E-state index contributed by atoms with van der Waals surface area (Å²) in [5.41, 5.74) is 2.97. The van der Waals surface area contributed by atoms with Crippen molar-refractivity contribution in [3.8, 4) is 11.3 Å². The standard InChI is InChI=1S/C15H11ClN2O2/c16-14-3-1-2-11(6-14)7-18-8-13(9-19)15(17-18)12-4-5-20-10-12/h1-6,8-10H,7H2. The van der Waals surface area contributed by atoms with Crippen LogP contribution in [0.15, 0.2) is 53.5 Å². The average Bonchev–Trinajstić information content (AvgIpc) is 3.06. The van der Waals surface area contributed by atoms with Crippen LogP contribution in [0.5, 0.6) is 0 Å². The van der Waals surface area contributed by atoms with Crippen molar-refractivity contribution in [2.45, 2.75) is 6.54 Å². The highest BCUT2D eigenvalue weighted by molar-refractivity contribution is 6.30. The number of hydrogen-bond acceptors (Lipinski definition) is 3. The number of carbonyl (C=O) groups excluding carboxylic acids is 1. The Balaban J connectivity index is 1.93. The monoisotopic (exact) mass is 286 g/mol.